The number of ether oxygens (including phenoxy) is 1. The first-order valence-electron chi connectivity index (χ1n) is 18.7. The number of aryl methyl sites for hydroxylation is 1. The first-order chi connectivity index (χ1) is 26.9. The zero-order valence-corrected chi connectivity index (χ0v) is 30.7. The van der Waals surface area contributed by atoms with Gasteiger partial charge in [-0.15, -0.1) is 0 Å². The fourth-order valence-corrected chi connectivity index (χ4v) is 8.53. The van der Waals surface area contributed by atoms with Gasteiger partial charge in [0.15, 0.2) is 16.8 Å². The minimum absolute atomic E-state index is 0.00304. The van der Waals surface area contributed by atoms with E-state index >= 15 is 0 Å². The van der Waals surface area contributed by atoms with Crippen molar-refractivity contribution in [2.75, 3.05) is 31.2 Å². The predicted octanol–water partition coefficient (Wildman–Crippen LogP) is 1.62. The summed E-state index contributed by atoms with van der Waals surface area (Å²) in [6.45, 7) is 1.11. The van der Waals surface area contributed by atoms with Crippen LogP contribution in [-0.2, 0) is 27.4 Å². The maximum Gasteiger partial charge on any atom is 0.220 e. The van der Waals surface area contributed by atoms with Crippen molar-refractivity contribution in [3.05, 3.63) is 99.2 Å². The van der Waals surface area contributed by atoms with Gasteiger partial charge in [0.1, 0.15) is 59.4 Å². The lowest BCUT2D eigenvalue weighted by atomic mass is 9.71. The smallest absolute Gasteiger partial charge is 0.220 e. The minimum Gasteiger partial charge on any atom is -0.508 e. The molecule has 1 amide bonds. The molecule has 4 aliphatic heterocycles. The molecule has 0 saturated carbocycles. The number of hydrogen-bond acceptors (Lipinski definition) is 14. The third-order valence-electron chi connectivity index (χ3n) is 11.6. The predicted molar refractivity (Wildman–Crippen MR) is 202 cm³/mol. The van der Waals surface area contributed by atoms with Gasteiger partial charge in [-0.1, -0.05) is 24.3 Å². The number of nitrogens with zero attached hydrogens (tertiary/aromatic N) is 2. The zero-order valence-electron chi connectivity index (χ0n) is 30.7. The summed E-state index contributed by atoms with van der Waals surface area (Å²) in [6, 6.07) is 9.00. The van der Waals surface area contributed by atoms with Gasteiger partial charge in [-0.3, -0.25) is 14.6 Å². The molecule has 3 aromatic rings. The first-order valence-corrected chi connectivity index (χ1v) is 18.7. The molecule has 1 saturated heterocycles. The van der Waals surface area contributed by atoms with Crippen LogP contribution < -0.4 is 20.4 Å². The molecule has 1 aliphatic carbocycles. The largest absolute Gasteiger partial charge is 0.508 e. The molecule has 5 heterocycles. The second kappa shape index (κ2) is 14.9. The van der Waals surface area contributed by atoms with Crippen LogP contribution in [0.5, 0.6) is 11.5 Å². The van der Waals surface area contributed by atoms with Crippen LogP contribution in [0.25, 0.3) is 11.0 Å². The SMILES string of the molecule is Cc1cc(=O)c2cc3c(c(N4C=C5N=CC=C5C4)c2o1)OC1(CC=CC(C2CNC(=O)C2)C1)C(OOCC(O)(Cc1ccc(O)cc1)C(O)C(O)C(O)CO)C3. The van der Waals surface area contributed by atoms with Gasteiger partial charge in [0, 0.05) is 61.8 Å². The number of anilines is 1. The molecule has 1 spiro atoms. The summed E-state index contributed by atoms with van der Waals surface area (Å²) in [5.41, 5.74) is 0.241. The second-order valence-electron chi connectivity index (χ2n) is 15.5. The molecule has 1 fully saturated rings. The third kappa shape index (κ3) is 7.04. The Bertz CT molecular complexity index is 2200. The van der Waals surface area contributed by atoms with Crippen LogP contribution in [0.4, 0.5) is 5.69 Å². The van der Waals surface area contributed by atoms with Crippen molar-refractivity contribution in [1.82, 2.24) is 5.32 Å². The molecule has 15 heteroatoms. The molecular weight excluding hydrogens is 726 g/mol. The van der Waals surface area contributed by atoms with Gasteiger partial charge >= 0.3 is 0 Å². The number of phenolic OH excluding ortho intramolecular Hbond substituents is 1. The van der Waals surface area contributed by atoms with E-state index in [-0.39, 0.29) is 41.8 Å². The van der Waals surface area contributed by atoms with E-state index < -0.39 is 48.8 Å². The Labute approximate surface area is 321 Å². The fourth-order valence-electron chi connectivity index (χ4n) is 8.53. The van der Waals surface area contributed by atoms with Crippen LogP contribution >= 0.6 is 0 Å². The number of phenols is 1. The van der Waals surface area contributed by atoms with Gasteiger partial charge < -0.3 is 50.0 Å². The summed E-state index contributed by atoms with van der Waals surface area (Å²) in [5.74, 6) is 0.797. The van der Waals surface area contributed by atoms with Crippen LogP contribution in [0.1, 0.15) is 36.1 Å². The van der Waals surface area contributed by atoms with Crippen molar-refractivity contribution in [3.8, 4) is 11.5 Å². The summed E-state index contributed by atoms with van der Waals surface area (Å²) in [4.78, 5) is 44.3. The van der Waals surface area contributed by atoms with Gasteiger partial charge in [0.05, 0.1) is 24.2 Å². The Kier molecular flexibility index (Phi) is 10.1. The lowest BCUT2D eigenvalue weighted by Crippen LogP contribution is -2.58. The zero-order chi connectivity index (χ0) is 39.4. The van der Waals surface area contributed by atoms with Crippen LogP contribution in [0.15, 0.2) is 86.3 Å². The van der Waals surface area contributed by atoms with Gasteiger partial charge in [-0.25, -0.2) is 9.78 Å². The summed E-state index contributed by atoms with van der Waals surface area (Å²) < 4.78 is 13.4. The van der Waals surface area contributed by atoms with Crippen molar-refractivity contribution in [3.63, 3.8) is 0 Å². The molecule has 0 radical (unpaired) electrons. The number of aliphatic hydroxyl groups excluding tert-OH is 4. The standard InChI is InChI=1S/C41H45N3O12/c1-22-11-31(47)29-12-26-13-33(56-53-21-40(52,39(51)36(50)32(48)20-45)15-23-4-6-28(46)7-5-23)41(9-2-3-24(16-41)27-14-34(49)43-17-27)55-37(26)35(38(29)54-22)44-18-25-8-10-42-30(25)19-44/h2-8,10-12,19,24,27,32-33,36,39,45-46,48,50-52H,9,13-18,20-21H2,1H3,(H,43,49). The highest BCUT2D eigenvalue weighted by Gasteiger charge is 2.52. The Morgan fingerprint density at radius 3 is 2.68 bits per heavy atom. The number of aromatic hydroxyl groups is 1. The normalized spacial score (nSPS) is 26.6. The Hall–Kier alpha value is -4.87. The van der Waals surface area contributed by atoms with E-state index in [9.17, 15) is 40.2 Å². The topological polar surface area (TPSA) is 224 Å². The van der Waals surface area contributed by atoms with E-state index in [0.29, 0.717) is 71.6 Å². The number of amides is 1. The second-order valence-corrected chi connectivity index (χ2v) is 15.5. The molecule has 5 aliphatic rings. The molecule has 2 aromatic carbocycles. The number of allylic oxidation sites excluding steroid dienone is 2. The van der Waals surface area contributed by atoms with Crippen molar-refractivity contribution in [2.45, 2.75) is 74.6 Å². The summed E-state index contributed by atoms with van der Waals surface area (Å²) in [7, 11) is 0. The van der Waals surface area contributed by atoms with E-state index in [1.165, 1.54) is 30.3 Å². The molecule has 8 atom stereocenters. The molecule has 8 unspecified atom stereocenters. The van der Waals surface area contributed by atoms with Gasteiger partial charge in [0.2, 0.25) is 5.91 Å². The maximum atomic E-state index is 13.5. The van der Waals surface area contributed by atoms with Crippen molar-refractivity contribution < 1.29 is 54.4 Å². The Morgan fingerprint density at radius 2 is 1.95 bits per heavy atom. The summed E-state index contributed by atoms with van der Waals surface area (Å²) in [5, 5.41) is 66.5. The van der Waals surface area contributed by atoms with Crippen LogP contribution in [0.3, 0.4) is 0 Å². The third-order valence-corrected chi connectivity index (χ3v) is 11.6. The number of rotatable bonds is 12. The van der Waals surface area contributed by atoms with Gasteiger partial charge in [0.25, 0.3) is 0 Å². The average molecular weight is 772 g/mol. The van der Waals surface area contributed by atoms with Crippen molar-refractivity contribution in [2.24, 2.45) is 16.8 Å². The average Bonchev–Trinajstić information content (AvgIpc) is 3.92. The van der Waals surface area contributed by atoms with E-state index in [1.807, 2.05) is 23.3 Å². The number of benzene rings is 2. The number of aliphatic imine (C=N–C) groups is 1. The molecule has 8 rings (SSSR count). The highest BCUT2D eigenvalue weighted by Crippen LogP contribution is 2.51. The highest BCUT2D eigenvalue weighted by molar-refractivity contribution is 5.96. The van der Waals surface area contributed by atoms with Crippen molar-refractivity contribution in [1.29, 1.82) is 0 Å². The molecular formula is C41H45N3O12. The molecule has 0 bridgehead atoms. The number of carbonyl (C=O) groups excluding carboxylic acids is 1. The lowest BCUT2D eigenvalue weighted by Gasteiger charge is -2.48. The summed E-state index contributed by atoms with van der Waals surface area (Å²) in [6.07, 6.45) is 4.10. The number of aliphatic hydroxyl groups is 5. The van der Waals surface area contributed by atoms with E-state index in [0.717, 1.165) is 11.3 Å². The Morgan fingerprint density at radius 1 is 1.14 bits per heavy atom. The van der Waals surface area contributed by atoms with Crippen molar-refractivity contribution >= 4 is 28.8 Å². The van der Waals surface area contributed by atoms with Gasteiger partial charge in [-0.2, -0.15) is 0 Å². The fraction of sp³-hybridized carbons (Fsp3) is 0.439. The number of carbonyl (C=O) groups is 1. The highest BCUT2D eigenvalue weighted by atomic mass is 17.2. The molecule has 7 N–H and O–H groups in total. The van der Waals surface area contributed by atoms with E-state index in [4.69, 9.17) is 18.9 Å². The molecule has 56 heavy (non-hydrogen) atoms. The monoisotopic (exact) mass is 771 g/mol. The maximum absolute atomic E-state index is 13.5. The Balaban J connectivity index is 1.17. The van der Waals surface area contributed by atoms with Crippen LogP contribution in [0, 0.1) is 18.8 Å². The molecule has 296 valence electrons. The van der Waals surface area contributed by atoms with E-state index in [2.05, 4.69) is 16.4 Å². The quantitative estimate of drug-likeness (QED) is 0.0791. The summed E-state index contributed by atoms with van der Waals surface area (Å²) >= 11 is 0. The number of nitrogens with one attached hydrogen (secondary N) is 1. The van der Waals surface area contributed by atoms with Gasteiger partial charge in [-0.05, 0) is 55.0 Å². The first kappa shape index (κ1) is 38.0. The lowest BCUT2D eigenvalue weighted by molar-refractivity contribution is -0.373. The number of fused-ring (bicyclic) bond motifs is 3. The molecule has 15 nitrogen and oxygen atoms in total. The molecule has 1 aromatic heterocycles. The van der Waals surface area contributed by atoms with E-state index in [1.54, 1.807) is 19.2 Å². The number of hydrogen-bond donors (Lipinski definition) is 7. The van der Waals surface area contributed by atoms with Crippen LogP contribution in [0.2, 0.25) is 0 Å². The minimum atomic E-state index is -2.27. The van der Waals surface area contributed by atoms with Crippen LogP contribution in [-0.4, -0.2) is 105 Å².